The maximum Gasteiger partial charge on any atom is 0.238 e. The first-order chi connectivity index (χ1) is 34.6. The molecule has 0 N–H and O–H groups in total. The summed E-state index contributed by atoms with van der Waals surface area (Å²) in [6.45, 7) is 6.56. The number of hydrogen-bond donors (Lipinski definition) is 0. The number of benzene rings is 9. The summed E-state index contributed by atoms with van der Waals surface area (Å²) in [4.78, 5) is 15.7. The van der Waals surface area contributed by atoms with Crippen LogP contribution >= 0.6 is 0 Å². The van der Waals surface area contributed by atoms with E-state index in [9.17, 15) is 0 Å². The molecule has 3 aromatic heterocycles. The molecule has 2 aliphatic rings. The number of rotatable bonds is 7. The molecule has 5 nitrogen and oxygen atoms in total. The molecule has 0 aliphatic heterocycles. The zero-order valence-corrected chi connectivity index (χ0v) is 38.4. The summed E-state index contributed by atoms with van der Waals surface area (Å²) >= 11 is 0. The van der Waals surface area contributed by atoms with Crippen molar-refractivity contribution in [1.29, 1.82) is 0 Å². The van der Waals surface area contributed by atoms with Crippen LogP contribution in [0.15, 0.2) is 225 Å². The molecule has 1 spiro atoms. The Morgan fingerprint density at radius 1 is 0.429 bits per heavy atom. The fourth-order valence-corrected chi connectivity index (χ4v) is 11.9. The molecule has 12 aromatic rings. The van der Waals surface area contributed by atoms with Crippen LogP contribution in [-0.4, -0.2) is 24.1 Å². The first kappa shape index (κ1) is 39.9. The predicted octanol–water partition coefficient (Wildman–Crippen LogP) is 15.9. The molecule has 0 bridgehead atoms. The molecule has 5 heteroatoms. The van der Waals surface area contributed by atoms with Gasteiger partial charge in [-0.25, -0.2) is 4.98 Å². The highest BCUT2D eigenvalue weighted by molar-refractivity contribution is 6.11. The zero-order valence-electron chi connectivity index (χ0n) is 38.4. The van der Waals surface area contributed by atoms with Crippen LogP contribution in [0.2, 0.25) is 0 Å². The third-order valence-corrected chi connectivity index (χ3v) is 14.7. The van der Waals surface area contributed by atoms with Crippen molar-refractivity contribution in [2.24, 2.45) is 0 Å². The molecule has 0 saturated carbocycles. The highest BCUT2D eigenvalue weighted by Crippen LogP contribution is 2.64. The number of hydrogen-bond acceptors (Lipinski definition) is 3. The standard InChI is InChI=1S/C65H43N5/c1-3-18-56-46(4-2)61-59(40-39-55-60(61)51-25-10-15-28-54(51)65(55)52-26-13-8-21-47(52)48-22-9-14-27-53(48)65)69(56)45-37-35-44(36-38-45)63-66-62(43-33-31-42(32-34-43)41-19-6-5-7-20-41)67-64(68-63)70-57-29-16-11-23-49(57)50-24-12-17-30-58(50)70/h3-40H,2H2,1H3/b18-3-. The van der Waals surface area contributed by atoms with Gasteiger partial charge >= 0.3 is 0 Å². The number of fused-ring (bicyclic) bond motifs is 15. The van der Waals surface area contributed by atoms with Gasteiger partial charge in [0.05, 0.1) is 27.7 Å². The SMILES string of the molecule is C=Cc1c(/C=C\C)n(-c2ccc(-c3nc(-c4ccc(-c5ccccc5)cc4)nc(-n4c5ccccc5c5ccccc54)n3)cc2)c2ccc3c(c12)-c1ccccc1C31c2ccccc2-c2ccccc21. The van der Waals surface area contributed by atoms with Crippen LogP contribution in [0.5, 0.6) is 0 Å². The van der Waals surface area contributed by atoms with Crippen LogP contribution in [0.4, 0.5) is 0 Å². The first-order valence-corrected chi connectivity index (χ1v) is 23.9. The van der Waals surface area contributed by atoms with E-state index in [0.29, 0.717) is 17.6 Å². The highest BCUT2D eigenvalue weighted by atomic mass is 15.2. The molecule has 2 aliphatic carbocycles. The molecule has 14 rings (SSSR count). The fourth-order valence-electron chi connectivity index (χ4n) is 11.9. The monoisotopic (exact) mass is 893 g/mol. The van der Waals surface area contributed by atoms with E-state index in [4.69, 9.17) is 15.0 Å². The third-order valence-electron chi connectivity index (χ3n) is 14.7. The van der Waals surface area contributed by atoms with E-state index >= 15 is 0 Å². The molecule has 9 aromatic carbocycles. The average molecular weight is 894 g/mol. The lowest BCUT2D eigenvalue weighted by Crippen LogP contribution is -2.25. The Kier molecular flexibility index (Phi) is 8.80. The first-order valence-electron chi connectivity index (χ1n) is 23.9. The molecule has 70 heavy (non-hydrogen) atoms. The van der Waals surface area contributed by atoms with Crippen molar-refractivity contribution in [3.63, 3.8) is 0 Å². The van der Waals surface area contributed by atoms with Crippen molar-refractivity contribution in [2.45, 2.75) is 12.3 Å². The smallest absolute Gasteiger partial charge is 0.238 e. The van der Waals surface area contributed by atoms with Gasteiger partial charge in [0, 0.05) is 38.5 Å². The van der Waals surface area contributed by atoms with Crippen LogP contribution in [0.1, 0.15) is 40.4 Å². The van der Waals surface area contributed by atoms with E-state index in [1.807, 2.05) is 12.1 Å². The Morgan fingerprint density at radius 3 is 1.53 bits per heavy atom. The van der Waals surface area contributed by atoms with Gasteiger partial charge in [-0.2, -0.15) is 9.97 Å². The van der Waals surface area contributed by atoms with E-state index in [-0.39, 0.29) is 0 Å². The maximum atomic E-state index is 5.29. The molecule has 0 saturated heterocycles. The fraction of sp³-hybridized carbons (Fsp3) is 0.0308. The molecular weight excluding hydrogens is 851 g/mol. The summed E-state index contributed by atoms with van der Waals surface area (Å²) in [5.41, 5.74) is 20.5. The summed E-state index contributed by atoms with van der Waals surface area (Å²) in [5.74, 6) is 1.76. The Morgan fingerprint density at radius 2 is 0.929 bits per heavy atom. The molecule has 3 heterocycles. The molecule has 0 amide bonds. The summed E-state index contributed by atoms with van der Waals surface area (Å²) in [7, 11) is 0. The van der Waals surface area contributed by atoms with Gasteiger partial charge in [0.25, 0.3) is 0 Å². The Bertz CT molecular complexity index is 4030. The Balaban J connectivity index is 0.950. The van der Waals surface area contributed by atoms with Gasteiger partial charge in [0.1, 0.15) is 0 Å². The van der Waals surface area contributed by atoms with E-state index in [0.717, 1.165) is 66.5 Å². The van der Waals surface area contributed by atoms with Crippen LogP contribution in [0, 0.1) is 0 Å². The van der Waals surface area contributed by atoms with E-state index in [2.05, 4.69) is 241 Å². The summed E-state index contributed by atoms with van der Waals surface area (Å²) in [6.07, 6.45) is 6.38. The maximum absolute atomic E-state index is 5.29. The second kappa shape index (κ2) is 15.4. The topological polar surface area (TPSA) is 48.5 Å². The quantitative estimate of drug-likeness (QED) is 0.160. The molecular formula is C65H43N5. The molecule has 0 radical (unpaired) electrons. The van der Waals surface area contributed by atoms with Gasteiger partial charge in [0.15, 0.2) is 11.6 Å². The second-order valence-corrected chi connectivity index (χ2v) is 18.3. The number of allylic oxidation sites excluding steroid dienone is 1. The van der Waals surface area contributed by atoms with Gasteiger partial charge in [0.2, 0.25) is 5.95 Å². The van der Waals surface area contributed by atoms with Crippen molar-refractivity contribution < 1.29 is 0 Å². The highest BCUT2D eigenvalue weighted by Gasteiger charge is 2.52. The molecule has 0 fully saturated rings. The van der Waals surface area contributed by atoms with Crippen molar-refractivity contribution in [3.8, 4) is 67.8 Å². The number of para-hydroxylation sites is 2. The van der Waals surface area contributed by atoms with Gasteiger partial charge in [-0.15, -0.1) is 0 Å². The van der Waals surface area contributed by atoms with Crippen molar-refractivity contribution >= 4 is 44.9 Å². The minimum Gasteiger partial charge on any atom is -0.309 e. The minimum atomic E-state index is -0.443. The average Bonchev–Trinajstić information content (AvgIpc) is 4.13. The Labute approximate surface area is 405 Å². The van der Waals surface area contributed by atoms with Gasteiger partial charge < -0.3 is 4.57 Å². The van der Waals surface area contributed by atoms with E-state index in [1.54, 1.807) is 0 Å². The van der Waals surface area contributed by atoms with Crippen molar-refractivity contribution in [3.05, 3.63) is 258 Å². The van der Waals surface area contributed by atoms with E-state index < -0.39 is 5.41 Å². The van der Waals surface area contributed by atoms with E-state index in [1.165, 1.54) is 49.9 Å². The number of nitrogens with zero attached hydrogens (tertiary/aromatic N) is 5. The normalized spacial score (nSPS) is 13.0. The molecule has 0 atom stereocenters. The van der Waals surface area contributed by atoms with Gasteiger partial charge in [-0.05, 0) is 111 Å². The predicted molar refractivity (Wildman–Crippen MR) is 288 cm³/mol. The number of aromatic nitrogens is 5. The second-order valence-electron chi connectivity index (χ2n) is 18.3. The van der Waals surface area contributed by atoms with Crippen LogP contribution in [-0.2, 0) is 5.41 Å². The summed E-state index contributed by atoms with van der Waals surface area (Å²) in [6, 6.07) is 76.3. The Hall–Kier alpha value is -9.19. The third kappa shape index (κ3) is 5.57. The zero-order chi connectivity index (χ0) is 46.5. The minimum absolute atomic E-state index is 0.443. The lowest BCUT2D eigenvalue weighted by atomic mass is 9.70. The van der Waals surface area contributed by atoms with Crippen LogP contribution in [0.25, 0.3) is 113 Å². The largest absolute Gasteiger partial charge is 0.309 e. The lowest BCUT2D eigenvalue weighted by molar-refractivity contribution is 0.794. The van der Waals surface area contributed by atoms with Crippen LogP contribution < -0.4 is 0 Å². The van der Waals surface area contributed by atoms with Crippen molar-refractivity contribution in [2.75, 3.05) is 0 Å². The molecule has 0 unspecified atom stereocenters. The lowest BCUT2D eigenvalue weighted by Gasteiger charge is -2.30. The van der Waals surface area contributed by atoms with Gasteiger partial charge in [-0.1, -0.05) is 189 Å². The molecule has 328 valence electrons. The van der Waals surface area contributed by atoms with Crippen molar-refractivity contribution in [1.82, 2.24) is 24.1 Å². The summed E-state index contributed by atoms with van der Waals surface area (Å²) < 4.78 is 4.55. The van der Waals surface area contributed by atoms with Gasteiger partial charge in [-0.3, -0.25) is 4.57 Å². The summed E-state index contributed by atoms with van der Waals surface area (Å²) in [5, 5.41) is 3.50. The van der Waals surface area contributed by atoms with Crippen LogP contribution in [0.3, 0.4) is 0 Å².